The maximum Gasteiger partial charge on any atom is 0.191 e. The van der Waals surface area contributed by atoms with Crippen LogP contribution in [0.15, 0.2) is 4.99 Å². The van der Waals surface area contributed by atoms with Crippen molar-refractivity contribution in [2.45, 2.75) is 57.8 Å². The molecule has 2 heterocycles. The molecule has 0 aromatic carbocycles. The summed E-state index contributed by atoms with van der Waals surface area (Å²) < 4.78 is 12.4. The van der Waals surface area contributed by atoms with Crippen LogP contribution in [0.4, 0.5) is 0 Å². The number of aromatic nitrogens is 3. The minimum absolute atomic E-state index is 0. The van der Waals surface area contributed by atoms with Gasteiger partial charge in [-0.05, 0) is 26.2 Å². The smallest absolute Gasteiger partial charge is 0.191 e. The van der Waals surface area contributed by atoms with Crippen LogP contribution in [0.25, 0.3) is 0 Å². The fourth-order valence-electron chi connectivity index (χ4n) is 3.60. The fourth-order valence-corrected chi connectivity index (χ4v) is 3.60. The van der Waals surface area contributed by atoms with Crippen molar-refractivity contribution >= 4 is 29.9 Å². The molecule has 1 fully saturated rings. The molecule has 166 valence electrons. The van der Waals surface area contributed by atoms with E-state index in [-0.39, 0.29) is 24.0 Å². The summed E-state index contributed by atoms with van der Waals surface area (Å²) in [6, 6.07) is 1.03. The van der Waals surface area contributed by atoms with Gasteiger partial charge in [-0.1, -0.05) is 0 Å². The molecule has 0 bridgehead atoms. The molecule has 2 N–H and O–H groups in total. The summed E-state index contributed by atoms with van der Waals surface area (Å²) >= 11 is 0. The van der Waals surface area contributed by atoms with E-state index in [0.717, 1.165) is 75.8 Å². The van der Waals surface area contributed by atoms with Crippen molar-refractivity contribution in [3.63, 3.8) is 0 Å². The average molecular weight is 521 g/mol. The molecule has 10 heteroatoms. The molecule has 1 aliphatic heterocycles. The first-order valence-electron chi connectivity index (χ1n) is 10.4. The predicted octanol–water partition coefficient (Wildman–Crippen LogP) is 1.02. The third-order valence-corrected chi connectivity index (χ3v) is 5.16. The van der Waals surface area contributed by atoms with E-state index in [4.69, 9.17) is 14.5 Å². The van der Waals surface area contributed by atoms with Crippen LogP contribution in [0, 0.1) is 0 Å². The zero-order valence-corrected chi connectivity index (χ0v) is 20.2. The highest BCUT2D eigenvalue weighted by molar-refractivity contribution is 14.0. The third-order valence-electron chi connectivity index (χ3n) is 5.16. The molecule has 0 saturated heterocycles. The van der Waals surface area contributed by atoms with E-state index in [0.29, 0.717) is 12.6 Å². The lowest BCUT2D eigenvalue weighted by atomic mass is 10.1. The van der Waals surface area contributed by atoms with E-state index in [1.54, 1.807) is 14.2 Å². The number of methoxy groups -OCH3 is 2. The zero-order valence-electron chi connectivity index (χ0n) is 17.9. The summed E-state index contributed by atoms with van der Waals surface area (Å²) in [4.78, 5) is 11.8. The van der Waals surface area contributed by atoms with Gasteiger partial charge in [0.05, 0.1) is 19.7 Å². The molecule has 1 aliphatic carbocycles. The minimum atomic E-state index is 0. The molecule has 0 amide bonds. The minimum Gasteiger partial charge on any atom is -0.383 e. The lowest BCUT2D eigenvalue weighted by molar-refractivity contribution is 0.145. The Balaban J connectivity index is 0.00000300. The van der Waals surface area contributed by atoms with Crippen LogP contribution in [-0.4, -0.2) is 84.7 Å². The van der Waals surface area contributed by atoms with Gasteiger partial charge in [0, 0.05) is 52.4 Å². The Hall–Kier alpha value is -0.980. The monoisotopic (exact) mass is 521 g/mol. The van der Waals surface area contributed by atoms with Gasteiger partial charge in [0.1, 0.15) is 12.4 Å². The van der Waals surface area contributed by atoms with Crippen LogP contribution in [0.5, 0.6) is 0 Å². The molecular formula is C19H36IN7O2. The summed E-state index contributed by atoms with van der Waals surface area (Å²) in [5, 5.41) is 11.5. The number of aliphatic imine (C=N–C) groups is 1. The zero-order chi connectivity index (χ0) is 19.8. The van der Waals surface area contributed by atoms with Crippen molar-refractivity contribution in [3.05, 3.63) is 11.6 Å². The topological polar surface area (TPSA) is 88.8 Å². The summed E-state index contributed by atoms with van der Waals surface area (Å²) in [7, 11) is 3.43. The van der Waals surface area contributed by atoms with Gasteiger partial charge in [-0.25, -0.2) is 9.67 Å². The highest BCUT2D eigenvalue weighted by Gasteiger charge is 2.28. The molecule has 0 spiro atoms. The molecule has 1 atom stereocenters. The van der Waals surface area contributed by atoms with Crippen molar-refractivity contribution in [3.8, 4) is 0 Å². The van der Waals surface area contributed by atoms with E-state index in [1.807, 2.05) is 4.68 Å². The first-order valence-corrected chi connectivity index (χ1v) is 10.4. The van der Waals surface area contributed by atoms with Crippen molar-refractivity contribution in [2.75, 3.05) is 47.0 Å². The second-order valence-electron chi connectivity index (χ2n) is 7.46. The van der Waals surface area contributed by atoms with Gasteiger partial charge >= 0.3 is 0 Å². The van der Waals surface area contributed by atoms with Crippen molar-refractivity contribution in [1.82, 2.24) is 30.3 Å². The number of aryl methyl sites for hydroxylation is 1. The van der Waals surface area contributed by atoms with Gasteiger partial charge < -0.3 is 20.1 Å². The highest BCUT2D eigenvalue weighted by atomic mass is 127. The molecule has 2 aliphatic rings. The van der Waals surface area contributed by atoms with Gasteiger partial charge in [0.25, 0.3) is 0 Å². The van der Waals surface area contributed by atoms with E-state index in [1.165, 1.54) is 12.8 Å². The van der Waals surface area contributed by atoms with Crippen LogP contribution in [0.1, 0.15) is 37.8 Å². The van der Waals surface area contributed by atoms with Crippen LogP contribution in [-0.2, 0) is 29.0 Å². The number of hydrogen-bond acceptors (Lipinski definition) is 6. The number of ether oxygens (including phenoxy) is 2. The van der Waals surface area contributed by atoms with E-state index >= 15 is 0 Å². The lowest BCUT2D eigenvalue weighted by Gasteiger charge is -2.26. The predicted molar refractivity (Wildman–Crippen MR) is 124 cm³/mol. The maximum atomic E-state index is 5.24. The molecule has 1 saturated carbocycles. The van der Waals surface area contributed by atoms with Crippen LogP contribution in [0.3, 0.4) is 0 Å². The fraction of sp³-hybridized carbons (Fsp3) is 0.842. The standard InChI is InChI=1S/C19H35N7O2.HI/c1-4-20-19(21-9-10-25(11-12-27-2)16-6-7-16)22-15-5-8-18-23-17(14-28-3)24-26(18)13-15;/h15-16H,4-14H2,1-3H3,(H2,20,21,22);1H. The highest BCUT2D eigenvalue weighted by Crippen LogP contribution is 2.26. The maximum absolute atomic E-state index is 5.24. The Morgan fingerprint density at radius 3 is 2.76 bits per heavy atom. The molecule has 3 rings (SSSR count). The molecule has 1 unspecified atom stereocenters. The summed E-state index contributed by atoms with van der Waals surface area (Å²) in [5.74, 6) is 2.69. The normalized spacial score (nSPS) is 19.0. The van der Waals surface area contributed by atoms with Crippen LogP contribution >= 0.6 is 24.0 Å². The largest absolute Gasteiger partial charge is 0.383 e. The number of hydrogen-bond donors (Lipinski definition) is 2. The Bertz CT molecular complexity index is 636. The number of rotatable bonds is 11. The molecular weight excluding hydrogens is 485 g/mol. The molecule has 0 radical (unpaired) electrons. The number of guanidine groups is 1. The third kappa shape index (κ3) is 7.65. The van der Waals surface area contributed by atoms with Crippen molar-refractivity contribution in [2.24, 2.45) is 4.99 Å². The SMILES string of the molecule is CCNC(=NCCN(CCOC)C1CC1)NC1CCc2nc(COC)nn2C1.I. The summed E-state index contributed by atoms with van der Waals surface area (Å²) in [6.07, 6.45) is 4.55. The average Bonchev–Trinajstić information content (AvgIpc) is 3.45. The summed E-state index contributed by atoms with van der Waals surface area (Å²) in [5.41, 5.74) is 0. The summed E-state index contributed by atoms with van der Waals surface area (Å²) in [6.45, 7) is 7.74. The van der Waals surface area contributed by atoms with Crippen LogP contribution in [0.2, 0.25) is 0 Å². The van der Waals surface area contributed by atoms with E-state index in [9.17, 15) is 0 Å². The van der Waals surface area contributed by atoms with Crippen LogP contribution < -0.4 is 10.6 Å². The number of fused-ring (bicyclic) bond motifs is 1. The van der Waals surface area contributed by atoms with Gasteiger partial charge in [-0.3, -0.25) is 9.89 Å². The van der Waals surface area contributed by atoms with Gasteiger partial charge in [0.2, 0.25) is 0 Å². The number of nitrogens with zero attached hydrogens (tertiary/aromatic N) is 5. The van der Waals surface area contributed by atoms with E-state index in [2.05, 4.69) is 32.5 Å². The number of halogens is 1. The van der Waals surface area contributed by atoms with Crippen molar-refractivity contribution in [1.29, 1.82) is 0 Å². The second kappa shape index (κ2) is 12.7. The van der Waals surface area contributed by atoms with Gasteiger partial charge in [-0.2, -0.15) is 5.10 Å². The number of nitrogens with one attached hydrogen (secondary N) is 2. The Morgan fingerprint density at radius 1 is 1.24 bits per heavy atom. The quantitative estimate of drug-likeness (QED) is 0.256. The second-order valence-corrected chi connectivity index (χ2v) is 7.46. The first kappa shape index (κ1) is 24.3. The lowest BCUT2D eigenvalue weighted by Crippen LogP contribution is -2.47. The molecule has 9 nitrogen and oxygen atoms in total. The Morgan fingerprint density at radius 2 is 2.07 bits per heavy atom. The molecule has 29 heavy (non-hydrogen) atoms. The molecule has 1 aromatic rings. The Kier molecular flexibility index (Phi) is 10.6. The molecule has 1 aromatic heterocycles. The van der Waals surface area contributed by atoms with E-state index < -0.39 is 0 Å². The van der Waals surface area contributed by atoms with Gasteiger partial charge in [-0.15, -0.1) is 24.0 Å². The van der Waals surface area contributed by atoms with Crippen molar-refractivity contribution < 1.29 is 9.47 Å². The van der Waals surface area contributed by atoms with Gasteiger partial charge in [0.15, 0.2) is 11.8 Å². The Labute approximate surface area is 191 Å². The first-order chi connectivity index (χ1) is 13.7.